The van der Waals surface area contributed by atoms with Crippen LogP contribution in [0.15, 0.2) is 12.2 Å². The predicted molar refractivity (Wildman–Crippen MR) is 50.3 cm³/mol. The smallest absolute Gasteiger partial charge is 0.0320 e. The van der Waals surface area contributed by atoms with Crippen LogP contribution in [0.5, 0.6) is 0 Å². The van der Waals surface area contributed by atoms with Gasteiger partial charge in [0.1, 0.15) is 0 Å². The second-order valence-corrected chi connectivity index (χ2v) is 3.44. The number of rotatable bonds is 1. The van der Waals surface area contributed by atoms with Crippen molar-refractivity contribution in [1.82, 2.24) is 0 Å². The normalized spacial score (nSPS) is 30.1. The first-order chi connectivity index (χ1) is 5.43. The zero-order valence-corrected chi connectivity index (χ0v) is 7.55. The van der Waals surface area contributed by atoms with Gasteiger partial charge < -0.3 is 0 Å². The monoisotopic (exact) mass is 151 g/mol. The molecule has 0 aromatic heterocycles. The van der Waals surface area contributed by atoms with Crippen LogP contribution in [0.1, 0.15) is 45.4 Å². The van der Waals surface area contributed by atoms with Gasteiger partial charge in [0.2, 0.25) is 0 Å². The van der Waals surface area contributed by atoms with Crippen molar-refractivity contribution in [2.45, 2.75) is 45.4 Å². The first-order valence-corrected chi connectivity index (χ1v) is 4.88. The van der Waals surface area contributed by atoms with Crippen molar-refractivity contribution < 1.29 is 0 Å². The molecule has 1 aliphatic rings. The number of hydrogen-bond donors (Lipinski definition) is 0. The van der Waals surface area contributed by atoms with Crippen LogP contribution in [0.3, 0.4) is 0 Å². The lowest BCUT2D eigenvalue weighted by Gasteiger charge is -2.09. The van der Waals surface area contributed by atoms with Gasteiger partial charge in [-0.25, -0.2) is 0 Å². The molecule has 1 unspecified atom stereocenters. The average Bonchev–Trinajstić information content (AvgIpc) is 2.16. The molecule has 0 aliphatic heterocycles. The van der Waals surface area contributed by atoms with E-state index in [1.54, 1.807) is 0 Å². The van der Waals surface area contributed by atoms with Crippen LogP contribution in [0, 0.1) is 12.3 Å². The summed E-state index contributed by atoms with van der Waals surface area (Å²) in [5.74, 6) is 0.851. The molecule has 63 valence electrons. The molecule has 1 radical (unpaired) electrons. The summed E-state index contributed by atoms with van der Waals surface area (Å²) < 4.78 is 0. The van der Waals surface area contributed by atoms with Crippen molar-refractivity contribution in [3.63, 3.8) is 0 Å². The van der Waals surface area contributed by atoms with Crippen molar-refractivity contribution >= 4 is 0 Å². The fourth-order valence-corrected chi connectivity index (χ4v) is 1.65. The molecule has 0 aromatic carbocycles. The summed E-state index contributed by atoms with van der Waals surface area (Å²) in [5, 5.41) is 0. The van der Waals surface area contributed by atoms with Crippen molar-refractivity contribution in [3.8, 4) is 0 Å². The van der Waals surface area contributed by atoms with Crippen LogP contribution in [-0.4, -0.2) is 0 Å². The molecule has 0 N–H and O–H groups in total. The largest absolute Gasteiger partial charge is 0.0885 e. The Morgan fingerprint density at radius 3 is 2.91 bits per heavy atom. The lowest BCUT2D eigenvalue weighted by atomic mass is 9.96. The van der Waals surface area contributed by atoms with Gasteiger partial charge in [0, 0.05) is 0 Å². The maximum atomic E-state index is 2.36. The van der Waals surface area contributed by atoms with Gasteiger partial charge in [-0.15, -0.1) is 0 Å². The Kier molecular flexibility index (Phi) is 4.33. The summed E-state index contributed by atoms with van der Waals surface area (Å²) in [5.41, 5.74) is 0. The summed E-state index contributed by atoms with van der Waals surface area (Å²) in [4.78, 5) is 0. The van der Waals surface area contributed by atoms with Gasteiger partial charge in [-0.3, -0.25) is 0 Å². The highest BCUT2D eigenvalue weighted by atomic mass is 14.1. The van der Waals surface area contributed by atoms with E-state index in [0.717, 1.165) is 5.92 Å². The summed E-state index contributed by atoms with van der Waals surface area (Å²) in [7, 11) is 0. The molecule has 0 amide bonds. The van der Waals surface area contributed by atoms with E-state index >= 15 is 0 Å². The van der Waals surface area contributed by atoms with Gasteiger partial charge in [-0.2, -0.15) is 0 Å². The van der Waals surface area contributed by atoms with Crippen LogP contribution in [0.2, 0.25) is 0 Å². The first-order valence-electron chi connectivity index (χ1n) is 4.88. The van der Waals surface area contributed by atoms with E-state index < -0.39 is 0 Å². The lowest BCUT2D eigenvalue weighted by molar-refractivity contribution is 0.519. The lowest BCUT2D eigenvalue weighted by Crippen LogP contribution is -1.96. The second kappa shape index (κ2) is 5.40. The van der Waals surface area contributed by atoms with Crippen molar-refractivity contribution in [2.75, 3.05) is 0 Å². The highest BCUT2D eigenvalue weighted by Gasteiger charge is 2.04. The summed E-state index contributed by atoms with van der Waals surface area (Å²) in [6.07, 6.45) is 15.3. The van der Waals surface area contributed by atoms with Crippen LogP contribution >= 0.6 is 0 Å². The minimum absolute atomic E-state index is 0.851. The quantitative estimate of drug-likeness (QED) is 0.501. The van der Waals surface area contributed by atoms with Gasteiger partial charge in [0.05, 0.1) is 0 Å². The molecule has 1 atom stereocenters. The summed E-state index contributed by atoms with van der Waals surface area (Å²) in [6.45, 7) is 2.19. The third-order valence-corrected chi connectivity index (χ3v) is 2.52. The van der Waals surface area contributed by atoms with E-state index in [-0.39, 0.29) is 0 Å². The molecular formula is C11H19. The van der Waals surface area contributed by atoms with Gasteiger partial charge in [0.25, 0.3) is 0 Å². The van der Waals surface area contributed by atoms with Crippen molar-refractivity contribution in [2.24, 2.45) is 5.92 Å². The zero-order chi connectivity index (χ0) is 7.94. The van der Waals surface area contributed by atoms with E-state index in [4.69, 9.17) is 0 Å². The molecule has 0 heteroatoms. The molecule has 0 aromatic rings. The van der Waals surface area contributed by atoms with Gasteiger partial charge in [0.15, 0.2) is 0 Å². The standard InChI is InChI=1S/C11H19/c1-2-11-9-7-5-3-4-6-8-10-11/h2,5,7,11H,3-4,6,8-10H2,1H3/b7-5-. The molecule has 1 rings (SSSR count). The fraction of sp³-hybridized carbons (Fsp3) is 0.727. The average molecular weight is 151 g/mol. The molecule has 0 heterocycles. The van der Waals surface area contributed by atoms with Crippen molar-refractivity contribution in [3.05, 3.63) is 18.6 Å². The molecule has 0 saturated carbocycles. The highest BCUT2D eigenvalue weighted by Crippen LogP contribution is 2.19. The van der Waals surface area contributed by atoms with Crippen LogP contribution < -0.4 is 0 Å². The Hall–Kier alpha value is -0.260. The molecule has 1 aliphatic carbocycles. The molecule has 0 spiro atoms. The summed E-state index contributed by atoms with van der Waals surface area (Å²) in [6, 6.07) is 0. The second-order valence-electron chi connectivity index (χ2n) is 3.44. The van der Waals surface area contributed by atoms with E-state index in [0.29, 0.717) is 0 Å². The molecular weight excluding hydrogens is 132 g/mol. The molecule has 11 heavy (non-hydrogen) atoms. The Morgan fingerprint density at radius 2 is 2.09 bits per heavy atom. The molecule has 0 nitrogen and oxygen atoms in total. The van der Waals surface area contributed by atoms with E-state index in [1.165, 1.54) is 38.5 Å². The van der Waals surface area contributed by atoms with Crippen LogP contribution in [-0.2, 0) is 0 Å². The Bertz CT molecular complexity index is 113. The Balaban J connectivity index is 2.30. The minimum atomic E-state index is 0.851. The molecule has 0 bridgehead atoms. The maximum absolute atomic E-state index is 2.36. The third kappa shape index (κ3) is 3.60. The zero-order valence-electron chi connectivity index (χ0n) is 7.55. The van der Waals surface area contributed by atoms with Gasteiger partial charge >= 0.3 is 0 Å². The van der Waals surface area contributed by atoms with Crippen molar-refractivity contribution in [1.29, 1.82) is 0 Å². The third-order valence-electron chi connectivity index (χ3n) is 2.52. The summed E-state index contributed by atoms with van der Waals surface area (Å²) >= 11 is 0. The maximum Gasteiger partial charge on any atom is -0.0320 e. The fourth-order valence-electron chi connectivity index (χ4n) is 1.65. The highest BCUT2D eigenvalue weighted by molar-refractivity contribution is 4.88. The Morgan fingerprint density at radius 1 is 1.18 bits per heavy atom. The molecule has 0 fully saturated rings. The minimum Gasteiger partial charge on any atom is -0.0885 e. The molecule has 0 saturated heterocycles. The van der Waals surface area contributed by atoms with Gasteiger partial charge in [-0.05, 0) is 38.0 Å². The number of hydrogen-bond acceptors (Lipinski definition) is 0. The van der Waals surface area contributed by atoms with E-state index in [9.17, 15) is 0 Å². The predicted octanol–water partition coefficient (Wildman–Crippen LogP) is 3.74. The topological polar surface area (TPSA) is 0 Å². The van der Waals surface area contributed by atoms with Crippen LogP contribution in [0.25, 0.3) is 0 Å². The van der Waals surface area contributed by atoms with E-state index in [2.05, 4.69) is 25.5 Å². The van der Waals surface area contributed by atoms with Crippen LogP contribution in [0.4, 0.5) is 0 Å². The first kappa shape index (κ1) is 8.83. The Labute approximate surface area is 70.7 Å². The SMILES string of the molecule is C[CH]C1C/C=C\CCCCC1. The van der Waals surface area contributed by atoms with E-state index in [1.807, 2.05) is 0 Å². The van der Waals surface area contributed by atoms with Gasteiger partial charge in [-0.1, -0.05) is 31.9 Å². The number of allylic oxidation sites excluding steroid dienone is 2.